The van der Waals surface area contributed by atoms with Crippen molar-refractivity contribution in [1.82, 2.24) is 9.80 Å². The van der Waals surface area contributed by atoms with Crippen LogP contribution in [0.1, 0.15) is 49.1 Å². The highest BCUT2D eigenvalue weighted by Gasteiger charge is 2.46. The van der Waals surface area contributed by atoms with Gasteiger partial charge in [0.05, 0.1) is 18.7 Å². The molecule has 0 bridgehead atoms. The number of nitrogens with zero attached hydrogens (tertiary/aromatic N) is 2. The van der Waals surface area contributed by atoms with Gasteiger partial charge in [-0.15, -0.1) is 0 Å². The first kappa shape index (κ1) is 24.5. The predicted octanol–water partition coefficient (Wildman–Crippen LogP) is 4.28. The van der Waals surface area contributed by atoms with E-state index in [2.05, 4.69) is 20.8 Å². The van der Waals surface area contributed by atoms with Crippen molar-refractivity contribution in [3.63, 3.8) is 0 Å². The Kier molecular flexibility index (Phi) is 6.98. The number of methoxy groups -OCH3 is 1. The van der Waals surface area contributed by atoms with Gasteiger partial charge in [0.15, 0.2) is 0 Å². The molecule has 0 aromatic heterocycles. The number of ether oxygens (including phenoxy) is 1. The average molecular weight is 451 g/mol. The molecule has 0 saturated carbocycles. The minimum Gasteiger partial charge on any atom is -0.507 e. The number of amides is 1. The van der Waals surface area contributed by atoms with Crippen LogP contribution in [0.2, 0.25) is 0 Å². The van der Waals surface area contributed by atoms with Crippen LogP contribution in [0.25, 0.3) is 5.76 Å². The fraction of sp³-hybridized carbons (Fsp3) is 0.407. The maximum atomic E-state index is 13.2. The van der Waals surface area contributed by atoms with Gasteiger partial charge in [0.1, 0.15) is 11.5 Å². The molecule has 33 heavy (non-hydrogen) atoms. The first-order valence-electron chi connectivity index (χ1n) is 11.1. The molecule has 2 aromatic rings. The summed E-state index contributed by atoms with van der Waals surface area (Å²) in [5.41, 5.74) is 3.32. The Morgan fingerprint density at radius 3 is 2.24 bits per heavy atom. The van der Waals surface area contributed by atoms with Crippen LogP contribution in [0.5, 0.6) is 5.75 Å². The molecule has 1 N–H and O–H groups in total. The molecule has 1 saturated heterocycles. The van der Waals surface area contributed by atoms with Gasteiger partial charge in [-0.2, -0.15) is 0 Å². The third-order valence-electron chi connectivity index (χ3n) is 6.11. The molecule has 6 nitrogen and oxygen atoms in total. The number of benzene rings is 2. The van der Waals surface area contributed by atoms with E-state index in [0.717, 1.165) is 16.7 Å². The van der Waals surface area contributed by atoms with Crippen molar-refractivity contribution in [2.75, 3.05) is 34.3 Å². The van der Waals surface area contributed by atoms with E-state index in [9.17, 15) is 14.7 Å². The van der Waals surface area contributed by atoms with Crippen molar-refractivity contribution < 1.29 is 19.4 Å². The lowest BCUT2D eigenvalue weighted by molar-refractivity contribution is -0.140. The number of aliphatic hydroxyl groups is 1. The summed E-state index contributed by atoms with van der Waals surface area (Å²) in [6.07, 6.45) is 0. The summed E-state index contributed by atoms with van der Waals surface area (Å²) in [5, 5.41) is 11.3. The lowest BCUT2D eigenvalue weighted by Crippen LogP contribution is -2.35. The standard InChI is InChI=1S/C27H34N2O4/c1-17-16-20(33-7)12-13-21(17)24(30)22-23(18-8-10-19(11-9-18)27(2,3)4)29(15-14-28(5)6)26(32)25(22)31/h8-13,16,23,30H,14-15H2,1-7H3/t23-/m0/s1. The topological polar surface area (TPSA) is 70.1 Å². The van der Waals surface area contributed by atoms with Crippen molar-refractivity contribution in [2.24, 2.45) is 0 Å². The van der Waals surface area contributed by atoms with E-state index in [1.165, 1.54) is 0 Å². The SMILES string of the molecule is COc1ccc(C(O)=C2C(=O)C(=O)N(CCN(C)C)[C@H]2c2ccc(C(C)(C)C)cc2)c(C)c1. The van der Waals surface area contributed by atoms with Gasteiger partial charge in [-0.3, -0.25) is 9.59 Å². The molecule has 0 spiro atoms. The van der Waals surface area contributed by atoms with Crippen LogP contribution >= 0.6 is 0 Å². The Morgan fingerprint density at radius 1 is 1.09 bits per heavy atom. The Balaban J connectivity index is 2.16. The number of hydrogen-bond donors (Lipinski definition) is 1. The number of rotatable bonds is 6. The molecule has 176 valence electrons. The van der Waals surface area contributed by atoms with Gasteiger partial charge in [-0.05, 0) is 61.3 Å². The molecule has 0 unspecified atom stereocenters. The first-order valence-corrected chi connectivity index (χ1v) is 11.1. The minimum absolute atomic E-state index is 0.0224. The number of likely N-dealkylation sites (N-methyl/N-ethyl adjacent to an activating group) is 1. The molecule has 1 amide bonds. The maximum Gasteiger partial charge on any atom is 0.295 e. The van der Waals surface area contributed by atoms with Gasteiger partial charge in [0.2, 0.25) is 0 Å². The molecule has 1 fully saturated rings. The van der Waals surface area contributed by atoms with E-state index in [-0.39, 0.29) is 16.7 Å². The van der Waals surface area contributed by atoms with Crippen LogP contribution in [0.3, 0.4) is 0 Å². The van der Waals surface area contributed by atoms with E-state index in [1.807, 2.05) is 50.2 Å². The molecule has 0 aliphatic carbocycles. The summed E-state index contributed by atoms with van der Waals surface area (Å²) < 4.78 is 5.26. The number of hydrogen-bond acceptors (Lipinski definition) is 5. The van der Waals surface area contributed by atoms with E-state index < -0.39 is 17.7 Å². The largest absolute Gasteiger partial charge is 0.507 e. The number of ketones is 1. The van der Waals surface area contributed by atoms with E-state index >= 15 is 0 Å². The van der Waals surface area contributed by atoms with Crippen molar-refractivity contribution in [2.45, 2.75) is 39.2 Å². The zero-order chi connectivity index (χ0) is 24.5. The van der Waals surface area contributed by atoms with Crippen LogP contribution in [0, 0.1) is 6.92 Å². The molecular weight excluding hydrogens is 416 g/mol. The zero-order valence-electron chi connectivity index (χ0n) is 20.6. The zero-order valence-corrected chi connectivity index (χ0v) is 20.6. The second-order valence-corrected chi connectivity index (χ2v) is 9.85. The molecule has 3 rings (SSSR count). The number of likely N-dealkylation sites (tertiary alicyclic amines) is 1. The Morgan fingerprint density at radius 2 is 1.73 bits per heavy atom. The average Bonchev–Trinajstić information content (AvgIpc) is 3.01. The fourth-order valence-corrected chi connectivity index (χ4v) is 4.10. The first-order chi connectivity index (χ1) is 15.5. The van der Waals surface area contributed by atoms with Crippen molar-refractivity contribution in [3.8, 4) is 5.75 Å². The summed E-state index contributed by atoms with van der Waals surface area (Å²) in [7, 11) is 5.42. The van der Waals surface area contributed by atoms with Crippen LogP contribution < -0.4 is 4.74 Å². The quantitative estimate of drug-likeness (QED) is 0.404. The summed E-state index contributed by atoms with van der Waals surface area (Å²) >= 11 is 0. The van der Waals surface area contributed by atoms with Crippen molar-refractivity contribution in [3.05, 3.63) is 70.3 Å². The van der Waals surface area contributed by atoms with Crippen molar-refractivity contribution >= 4 is 17.4 Å². The van der Waals surface area contributed by atoms with E-state index in [4.69, 9.17) is 4.74 Å². The Bertz CT molecular complexity index is 1080. The Labute approximate surface area is 196 Å². The lowest BCUT2D eigenvalue weighted by atomic mass is 9.85. The summed E-state index contributed by atoms with van der Waals surface area (Å²) in [6.45, 7) is 9.23. The number of carbonyl (C=O) groups excluding carboxylic acids is 2. The molecule has 1 atom stereocenters. The van der Waals surface area contributed by atoms with E-state index in [1.54, 1.807) is 30.2 Å². The van der Waals surface area contributed by atoms with Crippen LogP contribution in [0.4, 0.5) is 0 Å². The molecule has 1 aliphatic heterocycles. The summed E-state index contributed by atoms with van der Waals surface area (Å²) in [6, 6.07) is 12.6. The number of aryl methyl sites for hydroxylation is 1. The van der Waals surface area contributed by atoms with Crippen LogP contribution in [-0.2, 0) is 15.0 Å². The second kappa shape index (κ2) is 9.40. The molecule has 2 aromatic carbocycles. The molecular formula is C27H34N2O4. The Hall–Kier alpha value is -3.12. The van der Waals surface area contributed by atoms with E-state index in [0.29, 0.717) is 24.4 Å². The number of carbonyl (C=O) groups is 2. The highest BCUT2D eigenvalue weighted by atomic mass is 16.5. The third-order valence-corrected chi connectivity index (χ3v) is 6.11. The smallest absolute Gasteiger partial charge is 0.295 e. The highest BCUT2D eigenvalue weighted by molar-refractivity contribution is 6.46. The predicted molar refractivity (Wildman–Crippen MR) is 130 cm³/mol. The molecule has 0 radical (unpaired) electrons. The minimum atomic E-state index is -0.661. The monoisotopic (exact) mass is 450 g/mol. The molecule has 6 heteroatoms. The van der Waals surface area contributed by atoms with Gasteiger partial charge in [-0.1, -0.05) is 45.0 Å². The fourth-order valence-electron chi connectivity index (χ4n) is 4.10. The van der Waals surface area contributed by atoms with Crippen molar-refractivity contribution in [1.29, 1.82) is 0 Å². The number of Topliss-reactive ketones (excluding diaryl/α,β-unsaturated/α-hetero) is 1. The van der Waals surface area contributed by atoms with Crippen LogP contribution in [-0.4, -0.2) is 60.9 Å². The number of aliphatic hydroxyl groups excluding tert-OH is 1. The summed E-state index contributed by atoms with van der Waals surface area (Å²) in [4.78, 5) is 29.8. The second-order valence-electron chi connectivity index (χ2n) is 9.85. The van der Waals surface area contributed by atoms with Crippen LogP contribution in [0.15, 0.2) is 48.0 Å². The third kappa shape index (κ3) is 4.96. The van der Waals surface area contributed by atoms with Gasteiger partial charge in [0, 0.05) is 18.7 Å². The normalized spacial score (nSPS) is 18.3. The molecule has 1 aliphatic rings. The van der Waals surface area contributed by atoms with Gasteiger partial charge >= 0.3 is 0 Å². The van der Waals surface area contributed by atoms with Gasteiger partial charge in [-0.25, -0.2) is 0 Å². The van der Waals surface area contributed by atoms with Gasteiger partial charge in [0.25, 0.3) is 11.7 Å². The molecule has 1 heterocycles. The lowest BCUT2D eigenvalue weighted by Gasteiger charge is -2.27. The van der Waals surface area contributed by atoms with Gasteiger partial charge < -0.3 is 19.6 Å². The maximum absolute atomic E-state index is 13.2. The highest BCUT2D eigenvalue weighted by Crippen LogP contribution is 2.40. The summed E-state index contributed by atoms with van der Waals surface area (Å²) in [5.74, 6) is -0.753.